The topological polar surface area (TPSA) is 130 Å². The van der Waals surface area contributed by atoms with E-state index in [1.807, 2.05) is 27.7 Å². The molecule has 1 atom stereocenters. The Kier molecular flexibility index (Phi) is 11.3. The third-order valence-electron chi connectivity index (χ3n) is 6.25. The molecule has 10 nitrogen and oxygen atoms in total. The summed E-state index contributed by atoms with van der Waals surface area (Å²) in [5.74, 6) is 0.127. The number of unbranched alkanes of at least 4 members (excludes halogenated alkanes) is 1. The summed E-state index contributed by atoms with van der Waals surface area (Å²) < 4.78 is 60.9. The number of carbonyl (C=O) groups excluding carboxylic acids is 1. The van der Waals surface area contributed by atoms with Crippen molar-refractivity contribution in [2.45, 2.75) is 64.4 Å². The van der Waals surface area contributed by atoms with Crippen molar-refractivity contribution in [3.63, 3.8) is 0 Å². The number of nitrogens with zero attached hydrogens (tertiary/aromatic N) is 3. The Balaban J connectivity index is 1.78. The fourth-order valence-electron chi connectivity index (χ4n) is 4.44. The minimum Gasteiger partial charge on any atom is -0.464 e. The largest absolute Gasteiger partial charge is 0.464 e. The quantitative estimate of drug-likeness (QED) is 0.239. The number of aromatic nitrogens is 1. The third-order valence-corrected chi connectivity index (χ3v) is 9.73. The molecule has 3 aromatic rings. The van der Waals surface area contributed by atoms with E-state index < -0.39 is 26.1 Å². The number of hydrogen-bond acceptors (Lipinski definition) is 8. The molecule has 0 saturated heterocycles. The summed E-state index contributed by atoms with van der Waals surface area (Å²) in [4.78, 5) is 20.3. The molecule has 0 saturated carbocycles. The van der Waals surface area contributed by atoms with Crippen LogP contribution in [0, 0.1) is 11.8 Å². The van der Waals surface area contributed by atoms with Gasteiger partial charge in [0.05, 0.1) is 22.9 Å². The number of furan rings is 1. The Bertz CT molecular complexity index is 1440. The van der Waals surface area contributed by atoms with Crippen LogP contribution in [0.4, 0.5) is 0 Å². The number of benzene rings is 1. The van der Waals surface area contributed by atoms with Crippen molar-refractivity contribution in [3.8, 4) is 0 Å². The maximum absolute atomic E-state index is 13.8. The van der Waals surface area contributed by atoms with Crippen molar-refractivity contribution < 1.29 is 26.0 Å². The zero-order valence-corrected chi connectivity index (χ0v) is 26.2. The molecule has 3 rings (SSSR count). The monoisotopic (exact) mass is 612 g/mol. The molecular weight excluding hydrogens is 573 g/mol. The number of fused-ring (bicyclic) bond motifs is 1. The first kappa shape index (κ1) is 32.2. The number of carbonyl (C=O) groups is 1. The Labute approximate surface area is 241 Å². The summed E-state index contributed by atoms with van der Waals surface area (Å²) in [6, 6.07) is 5.35. The van der Waals surface area contributed by atoms with Crippen LogP contribution in [0.15, 0.2) is 51.5 Å². The Hall–Kier alpha value is -2.32. The molecule has 222 valence electrons. The fourth-order valence-corrected chi connectivity index (χ4v) is 7.20. The van der Waals surface area contributed by atoms with Crippen molar-refractivity contribution >= 4 is 48.3 Å². The van der Waals surface area contributed by atoms with Crippen LogP contribution < -0.4 is 4.72 Å². The first-order valence-corrected chi connectivity index (χ1v) is 17.6. The molecule has 0 spiro atoms. The van der Waals surface area contributed by atoms with Crippen molar-refractivity contribution in [1.82, 2.24) is 18.9 Å². The molecule has 2 aromatic heterocycles. The molecule has 0 radical (unpaired) electrons. The van der Waals surface area contributed by atoms with Crippen molar-refractivity contribution in [2.75, 3.05) is 25.9 Å². The second-order valence-electron chi connectivity index (χ2n) is 10.9. The van der Waals surface area contributed by atoms with Gasteiger partial charge in [-0.25, -0.2) is 16.8 Å². The number of sulfonamides is 2. The second kappa shape index (κ2) is 14.0. The van der Waals surface area contributed by atoms with E-state index in [0.29, 0.717) is 31.5 Å². The van der Waals surface area contributed by atoms with E-state index in [1.54, 1.807) is 28.7 Å². The lowest BCUT2D eigenvalue weighted by Crippen LogP contribution is -2.50. The van der Waals surface area contributed by atoms with Gasteiger partial charge in [-0.2, -0.15) is 9.03 Å². The molecule has 1 N–H and O–H groups in total. The molecule has 0 fully saturated rings. The number of nitrogens with one attached hydrogen (secondary N) is 1. The van der Waals surface area contributed by atoms with Crippen LogP contribution in [-0.4, -0.2) is 68.9 Å². The second-order valence-corrected chi connectivity index (χ2v) is 15.6. The van der Waals surface area contributed by atoms with E-state index in [2.05, 4.69) is 9.71 Å². The predicted octanol–water partition coefficient (Wildman–Crippen LogP) is 4.31. The van der Waals surface area contributed by atoms with E-state index in [0.717, 1.165) is 10.3 Å². The SMILES string of the molecule is CC(C)CN(CC(C)C)C(=O)[C@H](CCCCN(Cc1cncs1)S(C)(=O)=O)NS(=O)(=O)c1ccc2ccoc2c1. The van der Waals surface area contributed by atoms with E-state index in [4.69, 9.17) is 4.42 Å². The first-order valence-electron chi connectivity index (χ1n) is 13.4. The number of thiazole rings is 1. The van der Waals surface area contributed by atoms with Crippen LogP contribution in [0.1, 0.15) is 51.8 Å². The van der Waals surface area contributed by atoms with Crippen molar-refractivity contribution in [3.05, 3.63) is 47.1 Å². The van der Waals surface area contributed by atoms with Gasteiger partial charge in [0.2, 0.25) is 26.0 Å². The average Bonchev–Trinajstić information content (AvgIpc) is 3.54. The van der Waals surface area contributed by atoms with Gasteiger partial charge in [-0.3, -0.25) is 9.78 Å². The molecule has 0 aliphatic carbocycles. The Morgan fingerprint density at radius 1 is 1.05 bits per heavy atom. The van der Waals surface area contributed by atoms with Crippen LogP contribution >= 0.6 is 11.3 Å². The number of amides is 1. The highest BCUT2D eigenvalue weighted by Gasteiger charge is 2.30. The molecule has 0 aliphatic heterocycles. The maximum atomic E-state index is 13.8. The molecule has 40 heavy (non-hydrogen) atoms. The van der Waals surface area contributed by atoms with Gasteiger partial charge in [-0.15, -0.1) is 11.3 Å². The van der Waals surface area contributed by atoms with E-state index in [-0.39, 0.29) is 42.1 Å². The highest BCUT2D eigenvalue weighted by molar-refractivity contribution is 7.89. The predicted molar refractivity (Wildman–Crippen MR) is 158 cm³/mol. The highest BCUT2D eigenvalue weighted by Crippen LogP contribution is 2.21. The highest BCUT2D eigenvalue weighted by atomic mass is 32.2. The normalized spacial score (nSPS) is 13.5. The van der Waals surface area contributed by atoms with Crippen molar-refractivity contribution in [1.29, 1.82) is 0 Å². The molecule has 0 unspecified atom stereocenters. The lowest BCUT2D eigenvalue weighted by molar-refractivity contribution is -0.134. The first-order chi connectivity index (χ1) is 18.8. The van der Waals surface area contributed by atoms with Gasteiger partial charge < -0.3 is 9.32 Å². The van der Waals surface area contributed by atoms with Crippen LogP contribution in [0.2, 0.25) is 0 Å². The molecule has 2 heterocycles. The molecule has 0 aliphatic rings. The van der Waals surface area contributed by atoms with Crippen LogP contribution in [0.25, 0.3) is 11.0 Å². The lowest BCUT2D eigenvalue weighted by Gasteiger charge is -2.30. The summed E-state index contributed by atoms with van der Waals surface area (Å²) in [6.45, 7) is 9.55. The molecule has 13 heteroatoms. The van der Waals surface area contributed by atoms with Gasteiger partial charge >= 0.3 is 0 Å². The fraction of sp³-hybridized carbons (Fsp3) is 0.556. The van der Waals surface area contributed by atoms with Crippen LogP contribution in [0.3, 0.4) is 0 Å². The zero-order valence-electron chi connectivity index (χ0n) is 23.7. The summed E-state index contributed by atoms with van der Waals surface area (Å²) in [5, 5.41) is 0.778. The summed E-state index contributed by atoms with van der Waals surface area (Å²) in [5.41, 5.74) is 2.09. The lowest BCUT2D eigenvalue weighted by atomic mass is 10.1. The van der Waals surface area contributed by atoms with E-state index >= 15 is 0 Å². The van der Waals surface area contributed by atoms with Gasteiger partial charge in [0.1, 0.15) is 11.6 Å². The van der Waals surface area contributed by atoms with E-state index in [9.17, 15) is 21.6 Å². The summed E-state index contributed by atoms with van der Waals surface area (Å²) in [7, 11) is -7.50. The van der Waals surface area contributed by atoms with Crippen LogP contribution in [0.5, 0.6) is 0 Å². The average molecular weight is 613 g/mol. The summed E-state index contributed by atoms with van der Waals surface area (Å²) in [6.07, 6.45) is 5.44. The number of rotatable bonds is 16. The van der Waals surface area contributed by atoms with E-state index in [1.165, 1.54) is 40.3 Å². The minimum atomic E-state index is -4.04. The molecule has 1 amide bonds. The smallest absolute Gasteiger partial charge is 0.241 e. The van der Waals surface area contributed by atoms with Gasteiger partial charge in [0, 0.05) is 48.7 Å². The Morgan fingerprint density at radius 2 is 1.75 bits per heavy atom. The molecule has 1 aromatic carbocycles. The van der Waals surface area contributed by atoms with Gasteiger partial charge in [-0.1, -0.05) is 34.1 Å². The van der Waals surface area contributed by atoms with Crippen molar-refractivity contribution in [2.24, 2.45) is 11.8 Å². The minimum absolute atomic E-state index is 0.0137. The molecular formula is C27H40N4O6S3. The van der Waals surface area contributed by atoms with Gasteiger partial charge in [0.15, 0.2) is 0 Å². The standard InChI is InChI=1S/C27H40N4O6S3/c1-20(2)16-30(17-21(3)4)27(32)25(29-40(35,36)24-10-9-22-11-13-37-26(22)14-24)8-6-7-12-31(39(5,33)34)18-23-15-28-19-38-23/h9-11,13-15,19-21,25,29H,6-8,12,16-18H2,1-5H3/t25-/m0/s1. The van der Waals surface area contributed by atoms with Crippen LogP contribution in [-0.2, 0) is 31.4 Å². The zero-order chi connectivity index (χ0) is 29.5. The Morgan fingerprint density at radius 3 is 2.35 bits per heavy atom. The third kappa shape index (κ3) is 9.37. The number of hydrogen-bond donors (Lipinski definition) is 1. The molecule has 0 bridgehead atoms. The van der Waals surface area contributed by atoms with Gasteiger partial charge in [-0.05, 0) is 42.9 Å². The maximum Gasteiger partial charge on any atom is 0.241 e. The van der Waals surface area contributed by atoms with Gasteiger partial charge in [0.25, 0.3) is 0 Å². The summed E-state index contributed by atoms with van der Waals surface area (Å²) >= 11 is 1.38.